The maximum Gasteiger partial charge on any atom is 0.265 e. The number of thiocarbonyl (C=S) groups is 1. The summed E-state index contributed by atoms with van der Waals surface area (Å²) in [5, 5.41) is 2.57. The number of ether oxygens (including phenoxy) is 2. The number of halogens is 2. The first-order valence-corrected chi connectivity index (χ1v) is 10.7. The number of carbonyl (C=O) groups excluding carboxylic acids is 2. The molecule has 150 valence electrons. The van der Waals surface area contributed by atoms with E-state index < -0.39 is 11.8 Å². The van der Waals surface area contributed by atoms with Crippen LogP contribution in [0.15, 0.2) is 46.4 Å². The average Bonchev–Trinajstić information content (AvgIpc) is 2.69. The van der Waals surface area contributed by atoms with Crippen molar-refractivity contribution in [2.24, 2.45) is 0 Å². The topological polar surface area (TPSA) is 67.9 Å². The number of amides is 2. The molecule has 0 saturated carbocycles. The molecule has 0 spiro atoms. The van der Waals surface area contributed by atoms with Gasteiger partial charge in [-0.25, -0.2) is 0 Å². The Morgan fingerprint density at radius 3 is 2.59 bits per heavy atom. The molecule has 0 bridgehead atoms. The molecule has 2 aromatic rings. The van der Waals surface area contributed by atoms with Crippen LogP contribution in [0, 0.1) is 3.57 Å². The molecule has 1 fully saturated rings. The molecule has 0 aliphatic carbocycles. The van der Waals surface area contributed by atoms with Crippen molar-refractivity contribution >= 4 is 73.7 Å². The molecule has 9 heteroatoms. The molecule has 1 heterocycles. The second kappa shape index (κ2) is 9.23. The zero-order valence-corrected chi connectivity index (χ0v) is 20.1. The van der Waals surface area contributed by atoms with E-state index in [2.05, 4.69) is 43.8 Å². The van der Waals surface area contributed by atoms with Gasteiger partial charge in [-0.15, -0.1) is 0 Å². The minimum atomic E-state index is -0.535. The van der Waals surface area contributed by atoms with Gasteiger partial charge in [0.05, 0.1) is 11.6 Å². The third-order valence-corrected chi connectivity index (χ3v) is 5.85. The highest BCUT2D eigenvalue weighted by atomic mass is 127. The Kier molecular flexibility index (Phi) is 6.91. The zero-order chi connectivity index (χ0) is 21.1. The molecule has 1 aliphatic rings. The van der Waals surface area contributed by atoms with Gasteiger partial charge in [0.25, 0.3) is 11.8 Å². The molecule has 0 aromatic heterocycles. The fourth-order valence-electron chi connectivity index (χ4n) is 2.61. The molecular formula is C20H16BrIN2O4S. The lowest BCUT2D eigenvalue weighted by Gasteiger charge is -2.25. The molecule has 0 unspecified atom stereocenters. The number of methoxy groups -OCH3 is 1. The molecule has 2 amide bonds. The highest BCUT2D eigenvalue weighted by Crippen LogP contribution is 2.38. The standard InChI is InChI=1S/C20H16BrIN2O4S/c1-24-19(26)14(18(25)23-20(24)29)7-12-8-15(21)17(16(9-12)27-2)28-10-11-3-5-13(22)6-4-11/h3-9H,10H2,1-2H3,(H,23,25,29)/b14-7+. The number of benzene rings is 2. The van der Waals surface area contributed by atoms with Gasteiger partial charge < -0.3 is 9.47 Å². The van der Waals surface area contributed by atoms with E-state index in [1.165, 1.54) is 25.1 Å². The van der Waals surface area contributed by atoms with Crippen LogP contribution in [-0.2, 0) is 16.2 Å². The van der Waals surface area contributed by atoms with Crippen molar-refractivity contribution in [1.29, 1.82) is 0 Å². The number of rotatable bonds is 5. The van der Waals surface area contributed by atoms with Gasteiger partial charge >= 0.3 is 0 Å². The first kappa shape index (κ1) is 21.7. The molecule has 1 saturated heterocycles. The smallest absolute Gasteiger partial charge is 0.265 e. The summed E-state index contributed by atoms with van der Waals surface area (Å²) in [6, 6.07) is 11.5. The van der Waals surface area contributed by atoms with Crippen LogP contribution in [0.4, 0.5) is 0 Å². The summed E-state index contributed by atoms with van der Waals surface area (Å²) in [6.07, 6.45) is 1.49. The van der Waals surface area contributed by atoms with E-state index in [0.29, 0.717) is 28.1 Å². The molecular weight excluding hydrogens is 571 g/mol. The number of nitrogens with zero attached hydrogens (tertiary/aromatic N) is 1. The minimum absolute atomic E-state index is 0.0115. The maximum atomic E-state index is 12.4. The van der Waals surface area contributed by atoms with E-state index in [1.54, 1.807) is 12.1 Å². The van der Waals surface area contributed by atoms with E-state index in [-0.39, 0.29) is 10.7 Å². The fraction of sp³-hybridized carbons (Fsp3) is 0.150. The summed E-state index contributed by atoms with van der Waals surface area (Å²) in [5.74, 6) is 0.00954. The van der Waals surface area contributed by atoms with Crippen LogP contribution in [0.2, 0.25) is 0 Å². The Morgan fingerprint density at radius 2 is 1.93 bits per heavy atom. The Balaban J connectivity index is 1.88. The number of carbonyl (C=O) groups is 2. The molecule has 1 aliphatic heterocycles. The third-order valence-electron chi connectivity index (χ3n) is 4.16. The van der Waals surface area contributed by atoms with E-state index in [0.717, 1.165) is 9.13 Å². The summed E-state index contributed by atoms with van der Waals surface area (Å²) in [4.78, 5) is 25.8. The van der Waals surface area contributed by atoms with E-state index in [1.807, 2.05) is 24.3 Å². The normalized spacial score (nSPS) is 15.5. The molecule has 29 heavy (non-hydrogen) atoms. The molecule has 0 atom stereocenters. The zero-order valence-electron chi connectivity index (χ0n) is 15.5. The number of hydrogen-bond donors (Lipinski definition) is 1. The largest absolute Gasteiger partial charge is 0.493 e. The van der Waals surface area contributed by atoms with E-state index >= 15 is 0 Å². The highest BCUT2D eigenvalue weighted by Gasteiger charge is 2.30. The van der Waals surface area contributed by atoms with Crippen LogP contribution in [0.25, 0.3) is 6.08 Å². The monoisotopic (exact) mass is 586 g/mol. The van der Waals surface area contributed by atoms with Gasteiger partial charge in [-0.3, -0.25) is 19.8 Å². The van der Waals surface area contributed by atoms with Crippen molar-refractivity contribution in [1.82, 2.24) is 10.2 Å². The second-order valence-electron chi connectivity index (χ2n) is 6.13. The lowest BCUT2D eigenvalue weighted by atomic mass is 10.1. The van der Waals surface area contributed by atoms with Crippen LogP contribution in [-0.4, -0.2) is 36.0 Å². The van der Waals surface area contributed by atoms with Gasteiger partial charge in [0.1, 0.15) is 12.2 Å². The van der Waals surface area contributed by atoms with Gasteiger partial charge in [-0.05, 0) is 92.2 Å². The van der Waals surface area contributed by atoms with E-state index in [4.69, 9.17) is 21.7 Å². The van der Waals surface area contributed by atoms with Gasteiger partial charge in [-0.2, -0.15) is 0 Å². The summed E-state index contributed by atoms with van der Waals surface area (Å²) in [7, 11) is 3.04. The predicted molar refractivity (Wildman–Crippen MR) is 126 cm³/mol. The molecule has 0 radical (unpaired) electrons. The van der Waals surface area contributed by atoms with Crippen molar-refractivity contribution in [3.05, 3.63) is 61.1 Å². The van der Waals surface area contributed by atoms with Gasteiger partial charge in [-0.1, -0.05) is 12.1 Å². The predicted octanol–water partition coefficient (Wildman–Crippen LogP) is 3.90. The van der Waals surface area contributed by atoms with Crippen molar-refractivity contribution in [3.8, 4) is 11.5 Å². The second-order valence-corrected chi connectivity index (χ2v) is 8.62. The van der Waals surface area contributed by atoms with Crippen LogP contribution in [0.5, 0.6) is 11.5 Å². The fourth-order valence-corrected chi connectivity index (χ4v) is 3.72. The Morgan fingerprint density at radius 1 is 1.24 bits per heavy atom. The molecule has 2 aromatic carbocycles. The molecule has 3 rings (SSSR count). The number of hydrogen-bond acceptors (Lipinski definition) is 5. The quantitative estimate of drug-likeness (QED) is 0.249. The lowest BCUT2D eigenvalue weighted by Crippen LogP contribution is -2.52. The summed E-state index contributed by atoms with van der Waals surface area (Å²) in [6.45, 7) is 0.370. The summed E-state index contributed by atoms with van der Waals surface area (Å²) in [5.41, 5.74) is 1.62. The Labute approximate surface area is 195 Å². The van der Waals surface area contributed by atoms with Crippen LogP contribution >= 0.6 is 50.7 Å². The lowest BCUT2D eigenvalue weighted by molar-refractivity contribution is -0.128. The van der Waals surface area contributed by atoms with Crippen LogP contribution in [0.3, 0.4) is 0 Å². The third kappa shape index (κ3) is 4.96. The van der Waals surface area contributed by atoms with E-state index in [9.17, 15) is 9.59 Å². The summed E-state index contributed by atoms with van der Waals surface area (Å²) >= 11 is 10.7. The number of likely N-dealkylation sites (N-methyl/N-ethyl adjacent to an activating group) is 1. The number of nitrogens with one attached hydrogen (secondary N) is 1. The van der Waals surface area contributed by atoms with Crippen LogP contribution in [0.1, 0.15) is 11.1 Å². The van der Waals surface area contributed by atoms with Gasteiger partial charge in [0.2, 0.25) is 0 Å². The Bertz CT molecular complexity index is 1020. The first-order valence-electron chi connectivity index (χ1n) is 8.40. The van der Waals surface area contributed by atoms with Crippen molar-refractivity contribution in [2.45, 2.75) is 6.61 Å². The first-order chi connectivity index (χ1) is 13.8. The van der Waals surface area contributed by atoms with Crippen LogP contribution < -0.4 is 14.8 Å². The average molecular weight is 587 g/mol. The van der Waals surface area contributed by atoms with Gasteiger partial charge in [0.15, 0.2) is 16.6 Å². The highest BCUT2D eigenvalue weighted by molar-refractivity contribution is 14.1. The molecule has 6 nitrogen and oxygen atoms in total. The maximum absolute atomic E-state index is 12.4. The van der Waals surface area contributed by atoms with Crippen molar-refractivity contribution in [3.63, 3.8) is 0 Å². The van der Waals surface area contributed by atoms with Crippen molar-refractivity contribution < 1.29 is 19.1 Å². The molecule has 1 N–H and O–H groups in total. The Hall–Kier alpha value is -1.98. The summed E-state index contributed by atoms with van der Waals surface area (Å²) < 4.78 is 13.2. The minimum Gasteiger partial charge on any atom is -0.493 e. The van der Waals surface area contributed by atoms with Gasteiger partial charge in [0, 0.05) is 10.6 Å². The SMILES string of the molecule is COc1cc(/C=C2\C(=O)NC(=S)N(C)C2=O)cc(Br)c1OCc1ccc(I)cc1. The van der Waals surface area contributed by atoms with Crippen molar-refractivity contribution in [2.75, 3.05) is 14.2 Å².